The van der Waals surface area contributed by atoms with E-state index in [1.807, 2.05) is 13.8 Å². The van der Waals surface area contributed by atoms with Crippen LogP contribution in [0.3, 0.4) is 0 Å². The second-order valence-electron chi connectivity index (χ2n) is 1.58. The fourth-order valence-corrected chi connectivity index (χ4v) is 0. The summed E-state index contributed by atoms with van der Waals surface area (Å²) in [5.74, 6) is 0.440. The van der Waals surface area contributed by atoms with Gasteiger partial charge in [-0.25, -0.2) is 0 Å². The van der Waals surface area contributed by atoms with Crippen molar-refractivity contribution in [3.63, 3.8) is 0 Å². The zero-order valence-electron chi connectivity index (χ0n) is 5.44. The molecule has 0 unspecified atom stereocenters. The van der Waals surface area contributed by atoms with Crippen molar-refractivity contribution in [1.29, 1.82) is 0 Å². The molecule has 0 amide bonds. The molecule has 0 heterocycles. The molecule has 0 aliphatic heterocycles. The Labute approximate surface area is 55.1 Å². The minimum atomic E-state index is 0. The van der Waals surface area contributed by atoms with Gasteiger partial charge in [0, 0.05) is 6.61 Å². The Morgan fingerprint density at radius 3 is 1.22 bits per heavy atom. The van der Waals surface area contributed by atoms with Crippen molar-refractivity contribution in [3.8, 4) is 0 Å². The summed E-state index contributed by atoms with van der Waals surface area (Å²) in [5.41, 5.74) is 0. The van der Waals surface area contributed by atoms with Crippen molar-refractivity contribution in [3.05, 3.63) is 0 Å². The molecule has 0 saturated carbocycles. The summed E-state index contributed by atoms with van der Waals surface area (Å²) < 4.78 is 0. The fourth-order valence-electron chi connectivity index (χ4n) is 0. The normalized spacial score (nSPS) is 5.33. The van der Waals surface area contributed by atoms with E-state index >= 15 is 0 Å². The third kappa shape index (κ3) is 80.2. The number of hydrogen-bond acceptors (Lipinski definition) is 1. The van der Waals surface area contributed by atoms with Gasteiger partial charge in [0.05, 0.1) is 0 Å². The Morgan fingerprint density at radius 1 is 1.11 bits per heavy atom. The minimum absolute atomic E-state index is 0. The van der Waals surface area contributed by atoms with Gasteiger partial charge in [0.2, 0.25) is 0 Å². The molecular weight excluding hydrogens is 132 g/mol. The van der Waals surface area contributed by atoms with Crippen molar-refractivity contribution in [2.24, 2.45) is 5.92 Å². The molecule has 1 N–H and O–H groups in total. The second kappa shape index (κ2) is 24.9. The van der Waals surface area contributed by atoms with Gasteiger partial charge in [-0.3, -0.25) is 0 Å². The Balaban J connectivity index is -0.0000000133. The molecule has 0 aromatic heterocycles. The van der Waals surface area contributed by atoms with E-state index in [0.29, 0.717) is 12.5 Å². The van der Waals surface area contributed by atoms with Crippen LogP contribution in [0.15, 0.2) is 0 Å². The molecule has 1 nitrogen and oxygen atoms in total. The monoisotopic (exact) mass is 142 g/mol. The fraction of sp³-hybridized carbons (Fsp3) is 1.00. The smallest absolute Gasteiger partial charge is 1.00 e. The van der Waals surface area contributed by atoms with Gasteiger partial charge in [0.15, 0.2) is 0 Å². The van der Waals surface area contributed by atoms with Crippen LogP contribution in [0.4, 0.5) is 0 Å². The molecule has 0 bridgehead atoms. The predicted molar refractivity (Wildman–Crippen MR) is 27.7 cm³/mol. The first-order chi connectivity index (χ1) is 2.27. The van der Waals surface area contributed by atoms with E-state index in [2.05, 4.69) is 0 Å². The number of aliphatic hydroxyl groups excluding tert-OH is 1. The van der Waals surface area contributed by atoms with Gasteiger partial charge in [0.1, 0.15) is 0 Å². The van der Waals surface area contributed by atoms with Crippen LogP contribution in [0.1, 0.15) is 13.8 Å². The zero-order chi connectivity index (χ0) is 4.28. The summed E-state index contributed by atoms with van der Waals surface area (Å²) in [7, 11) is 0. The SMILES string of the molecule is CC(C)CO.[B+3].[F-].[F-].[F-]. The van der Waals surface area contributed by atoms with E-state index in [9.17, 15) is 0 Å². The maximum atomic E-state index is 8.14. The van der Waals surface area contributed by atoms with Crippen molar-refractivity contribution in [1.82, 2.24) is 0 Å². The summed E-state index contributed by atoms with van der Waals surface area (Å²) in [4.78, 5) is 0. The van der Waals surface area contributed by atoms with E-state index in [1.165, 1.54) is 0 Å². The van der Waals surface area contributed by atoms with E-state index in [0.717, 1.165) is 0 Å². The Hall–Kier alpha value is -0.185. The largest absolute Gasteiger partial charge is 3.00 e. The van der Waals surface area contributed by atoms with Gasteiger partial charge in [-0.05, 0) is 5.92 Å². The minimum Gasteiger partial charge on any atom is -1.00 e. The molecule has 0 aliphatic rings. The van der Waals surface area contributed by atoms with Crippen LogP contribution in [-0.2, 0) is 0 Å². The van der Waals surface area contributed by atoms with E-state index in [1.54, 1.807) is 0 Å². The molecule has 0 fully saturated rings. The molecule has 9 heavy (non-hydrogen) atoms. The summed E-state index contributed by atoms with van der Waals surface area (Å²) in [6.07, 6.45) is 0. The molecule has 0 aromatic carbocycles. The molecule has 0 saturated heterocycles. The van der Waals surface area contributed by atoms with E-state index < -0.39 is 0 Å². The first kappa shape index (κ1) is 37.0. The van der Waals surface area contributed by atoms with Crippen LogP contribution in [0, 0.1) is 5.92 Å². The summed E-state index contributed by atoms with van der Waals surface area (Å²) in [6, 6.07) is 0. The maximum Gasteiger partial charge on any atom is 3.00 e. The van der Waals surface area contributed by atoms with Gasteiger partial charge >= 0.3 is 8.41 Å². The van der Waals surface area contributed by atoms with E-state index in [-0.39, 0.29) is 22.5 Å². The van der Waals surface area contributed by atoms with Crippen LogP contribution >= 0.6 is 0 Å². The zero-order valence-corrected chi connectivity index (χ0v) is 5.44. The molecule has 0 radical (unpaired) electrons. The standard InChI is InChI=1S/C4H10O.B.3FH/c1-4(2)3-5;;;;/h4-5H,3H2,1-2H3;;3*1H/q;+3;;;/p-3. The van der Waals surface area contributed by atoms with Crippen LogP contribution in [0.2, 0.25) is 0 Å². The molecule has 0 rings (SSSR count). The molecular formula is C4H10BF3O. The molecule has 0 aliphatic carbocycles. The maximum absolute atomic E-state index is 8.14. The number of hydrogen-bond donors (Lipinski definition) is 1. The topological polar surface area (TPSA) is 20.2 Å². The van der Waals surface area contributed by atoms with Crippen LogP contribution in [0.5, 0.6) is 0 Å². The van der Waals surface area contributed by atoms with Gasteiger partial charge in [-0.2, -0.15) is 0 Å². The van der Waals surface area contributed by atoms with Gasteiger partial charge in [0.25, 0.3) is 0 Å². The third-order valence-electron chi connectivity index (χ3n) is 0.365. The molecule has 5 heteroatoms. The Bertz CT molecular complexity index is 29.8. The summed E-state index contributed by atoms with van der Waals surface area (Å²) in [6.45, 7) is 4.25. The number of rotatable bonds is 1. The van der Waals surface area contributed by atoms with Crippen molar-refractivity contribution < 1.29 is 19.2 Å². The first-order valence-electron chi connectivity index (χ1n) is 1.88. The predicted octanol–water partition coefficient (Wildman–Crippen LogP) is -8.73. The van der Waals surface area contributed by atoms with Crippen molar-refractivity contribution in [2.75, 3.05) is 6.61 Å². The average molecular weight is 142 g/mol. The van der Waals surface area contributed by atoms with Gasteiger partial charge in [-0.1, -0.05) is 13.8 Å². The van der Waals surface area contributed by atoms with Crippen molar-refractivity contribution >= 4 is 8.41 Å². The number of halogens is 3. The average Bonchev–Trinajstić information content (AvgIpc) is 1.38. The molecule has 0 atom stereocenters. The summed E-state index contributed by atoms with van der Waals surface area (Å²) >= 11 is 0. The summed E-state index contributed by atoms with van der Waals surface area (Å²) in [5, 5.41) is 8.14. The molecule has 0 aromatic rings. The van der Waals surface area contributed by atoms with Crippen LogP contribution in [-0.4, -0.2) is 20.1 Å². The Kier molecular flexibility index (Phi) is 103. The quantitative estimate of drug-likeness (QED) is 0.360. The second-order valence-corrected chi connectivity index (χ2v) is 1.58. The van der Waals surface area contributed by atoms with Crippen LogP contribution in [0.25, 0.3) is 0 Å². The van der Waals surface area contributed by atoms with Gasteiger partial charge in [-0.15, -0.1) is 0 Å². The molecule has 0 spiro atoms. The van der Waals surface area contributed by atoms with Crippen LogP contribution < -0.4 is 14.1 Å². The first-order valence-corrected chi connectivity index (χ1v) is 1.88. The van der Waals surface area contributed by atoms with E-state index in [4.69, 9.17) is 5.11 Å². The van der Waals surface area contributed by atoms with Crippen molar-refractivity contribution in [2.45, 2.75) is 13.8 Å². The van der Waals surface area contributed by atoms with Gasteiger partial charge < -0.3 is 19.2 Å². The Morgan fingerprint density at radius 2 is 1.22 bits per heavy atom. The number of aliphatic hydroxyl groups is 1. The third-order valence-corrected chi connectivity index (χ3v) is 0.365. The molecule has 56 valence electrons.